The van der Waals surface area contributed by atoms with Gasteiger partial charge in [0, 0.05) is 11.1 Å². The van der Waals surface area contributed by atoms with Gasteiger partial charge >= 0.3 is 5.97 Å². The van der Waals surface area contributed by atoms with Crippen molar-refractivity contribution in [2.75, 3.05) is 0 Å². The number of hydrogen-bond donors (Lipinski definition) is 1. The van der Waals surface area contributed by atoms with Crippen molar-refractivity contribution in [1.82, 2.24) is 5.16 Å². The summed E-state index contributed by atoms with van der Waals surface area (Å²) in [5.41, 5.74) is 2.65. The highest BCUT2D eigenvalue weighted by Gasteiger charge is 2.18. The fraction of sp³-hybridized carbons (Fsp3) is 0.333. The summed E-state index contributed by atoms with van der Waals surface area (Å²) >= 11 is 0. The fourth-order valence-electron chi connectivity index (χ4n) is 2.00. The molecule has 0 fully saturated rings. The van der Waals surface area contributed by atoms with Crippen molar-refractivity contribution in [3.8, 4) is 11.3 Å². The molecule has 1 heterocycles. The third-order valence-corrected chi connectivity index (χ3v) is 3.48. The van der Waals surface area contributed by atoms with Gasteiger partial charge in [0.15, 0.2) is 11.5 Å². The van der Waals surface area contributed by atoms with Gasteiger partial charge in [0.1, 0.15) is 0 Å². The van der Waals surface area contributed by atoms with Gasteiger partial charge in [-0.3, -0.25) is 0 Å². The molecule has 0 saturated carbocycles. The van der Waals surface area contributed by atoms with Crippen molar-refractivity contribution in [1.29, 1.82) is 0 Å². The third kappa shape index (κ3) is 2.52. The van der Waals surface area contributed by atoms with Gasteiger partial charge in [-0.05, 0) is 24.8 Å². The van der Waals surface area contributed by atoms with E-state index in [-0.39, 0.29) is 5.69 Å². The molecule has 1 atom stereocenters. The SMILES string of the molecule is CCC(C)c1ccc(-c2onc(C(=O)O)c2C)cc1. The minimum absolute atomic E-state index is 0.0268. The molecule has 2 aromatic rings. The molecule has 1 unspecified atom stereocenters. The van der Waals surface area contributed by atoms with Gasteiger partial charge in [0.05, 0.1) is 0 Å². The summed E-state index contributed by atoms with van der Waals surface area (Å²) < 4.78 is 5.14. The van der Waals surface area contributed by atoms with E-state index in [9.17, 15) is 4.79 Å². The number of hydrogen-bond acceptors (Lipinski definition) is 3. The normalized spacial score (nSPS) is 12.4. The lowest BCUT2D eigenvalue weighted by Gasteiger charge is -2.08. The first-order valence-corrected chi connectivity index (χ1v) is 6.34. The number of rotatable bonds is 4. The summed E-state index contributed by atoms with van der Waals surface area (Å²) in [5, 5.41) is 12.5. The Labute approximate surface area is 112 Å². The first-order chi connectivity index (χ1) is 9.04. The van der Waals surface area contributed by atoms with E-state index in [1.54, 1.807) is 6.92 Å². The highest BCUT2D eigenvalue weighted by molar-refractivity contribution is 5.88. The van der Waals surface area contributed by atoms with Gasteiger partial charge in [-0.15, -0.1) is 0 Å². The van der Waals surface area contributed by atoms with Crippen molar-refractivity contribution in [3.63, 3.8) is 0 Å². The van der Waals surface area contributed by atoms with E-state index >= 15 is 0 Å². The maximum absolute atomic E-state index is 10.9. The van der Waals surface area contributed by atoms with Gasteiger partial charge in [-0.1, -0.05) is 43.3 Å². The standard InChI is InChI=1S/C15H17NO3/c1-4-9(2)11-5-7-12(8-6-11)14-10(3)13(15(17)18)16-19-14/h5-9H,4H2,1-3H3,(H,17,18). The Kier molecular flexibility index (Phi) is 3.69. The highest BCUT2D eigenvalue weighted by Crippen LogP contribution is 2.28. The Morgan fingerprint density at radius 3 is 2.47 bits per heavy atom. The average molecular weight is 259 g/mol. The van der Waals surface area contributed by atoms with Gasteiger partial charge in [0.25, 0.3) is 0 Å². The smallest absolute Gasteiger partial charge is 0.358 e. The zero-order chi connectivity index (χ0) is 14.0. The molecule has 2 rings (SSSR count). The van der Waals surface area contributed by atoms with Gasteiger partial charge in [0.2, 0.25) is 0 Å². The van der Waals surface area contributed by atoms with Crippen LogP contribution in [0.5, 0.6) is 0 Å². The van der Waals surface area contributed by atoms with Crippen LogP contribution >= 0.6 is 0 Å². The van der Waals surface area contributed by atoms with Crippen LogP contribution in [0.25, 0.3) is 11.3 Å². The maximum Gasteiger partial charge on any atom is 0.358 e. The molecule has 1 aromatic carbocycles. The Morgan fingerprint density at radius 1 is 1.37 bits per heavy atom. The second-order valence-electron chi connectivity index (χ2n) is 4.72. The molecule has 0 aliphatic rings. The zero-order valence-electron chi connectivity index (χ0n) is 11.3. The number of nitrogens with zero attached hydrogens (tertiary/aromatic N) is 1. The van der Waals surface area contributed by atoms with E-state index in [2.05, 4.69) is 19.0 Å². The quantitative estimate of drug-likeness (QED) is 0.905. The second-order valence-corrected chi connectivity index (χ2v) is 4.72. The topological polar surface area (TPSA) is 63.3 Å². The molecule has 1 N–H and O–H groups in total. The maximum atomic E-state index is 10.9. The number of carboxylic acid groups (broad SMARTS) is 1. The second kappa shape index (κ2) is 5.26. The minimum Gasteiger partial charge on any atom is -0.476 e. The van der Waals surface area contributed by atoms with Crippen LogP contribution in [0, 0.1) is 6.92 Å². The van der Waals surface area contributed by atoms with E-state index in [0.29, 0.717) is 17.2 Å². The van der Waals surface area contributed by atoms with Crippen LogP contribution in [-0.4, -0.2) is 16.2 Å². The first-order valence-electron chi connectivity index (χ1n) is 6.34. The van der Waals surface area contributed by atoms with Crippen LogP contribution in [0.3, 0.4) is 0 Å². The molecule has 0 aliphatic carbocycles. The lowest BCUT2D eigenvalue weighted by atomic mass is 9.96. The number of carboxylic acids is 1. The Balaban J connectivity index is 2.35. The third-order valence-electron chi connectivity index (χ3n) is 3.48. The van der Waals surface area contributed by atoms with Gasteiger partial charge < -0.3 is 9.63 Å². The lowest BCUT2D eigenvalue weighted by molar-refractivity contribution is 0.0685. The molecule has 19 heavy (non-hydrogen) atoms. The van der Waals surface area contributed by atoms with E-state index < -0.39 is 5.97 Å². The van der Waals surface area contributed by atoms with Crippen LogP contribution in [0.15, 0.2) is 28.8 Å². The van der Waals surface area contributed by atoms with Gasteiger partial charge in [-0.2, -0.15) is 0 Å². The summed E-state index contributed by atoms with van der Waals surface area (Å²) in [4.78, 5) is 10.9. The number of carbonyl (C=O) groups is 1. The number of benzene rings is 1. The summed E-state index contributed by atoms with van der Waals surface area (Å²) in [7, 11) is 0. The largest absolute Gasteiger partial charge is 0.476 e. The Bertz CT molecular complexity index is 584. The first kappa shape index (κ1) is 13.3. The molecule has 100 valence electrons. The van der Waals surface area contributed by atoms with Crippen LogP contribution < -0.4 is 0 Å². The molecular formula is C15H17NO3. The van der Waals surface area contributed by atoms with Crippen LogP contribution in [0.1, 0.15) is 47.8 Å². The van der Waals surface area contributed by atoms with Crippen molar-refractivity contribution in [2.24, 2.45) is 0 Å². The minimum atomic E-state index is -1.07. The Hall–Kier alpha value is -2.10. The summed E-state index contributed by atoms with van der Waals surface area (Å²) in [5.74, 6) is -0.0312. The van der Waals surface area contributed by atoms with E-state index in [0.717, 1.165) is 12.0 Å². The molecule has 0 radical (unpaired) electrons. The molecule has 0 saturated heterocycles. The molecular weight excluding hydrogens is 242 g/mol. The van der Waals surface area contributed by atoms with E-state index in [4.69, 9.17) is 9.63 Å². The molecule has 0 spiro atoms. The van der Waals surface area contributed by atoms with Crippen LogP contribution in [-0.2, 0) is 0 Å². The molecule has 1 aromatic heterocycles. The van der Waals surface area contributed by atoms with Crippen molar-refractivity contribution >= 4 is 5.97 Å². The van der Waals surface area contributed by atoms with Crippen LogP contribution in [0.2, 0.25) is 0 Å². The number of aromatic nitrogens is 1. The Morgan fingerprint density at radius 2 is 2.00 bits per heavy atom. The summed E-state index contributed by atoms with van der Waals surface area (Å²) in [6.07, 6.45) is 1.09. The molecule has 4 nitrogen and oxygen atoms in total. The molecule has 0 aliphatic heterocycles. The zero-order valence-corrected chi connectivity index (χ0v) is 11.3. The molecule has 4 heteroatoms. The van der Waals surface area contributed by atoms with Crippen molar-refractivity contribution in [3.05, 3.63) is 41.1 Å². The predicted molar refractivity (Wildman–Crippen MR) is 72.3 cm³/mol. The van der Waals surface area contributed by atoms with E-state index in [1.807, 2.05) is 24.3 Å². The molecule has 0 amide bonds. The van der Waals surface area contributed by atoms with Crippen molar-refractivity contribution in [2.45, 2.75) is 33.1 Å². The van der Waals surface area contributed by atoms with Gasteiger partial charge in [-0.25, -0.2) is 4.79 Å². The van der Waals surface area contributed by atoms with Crippen LogP contribution in [0.4, 0.5) is 0 Å². The van der Waals surface area contributed by atoms with E-state index in [1.165, 1.54) is 5.56 Å². The number of aromatic carboxylic acids is 1. The molecule has 0 bridgehead atoms. The fourth-order valence-corrected chi connectivity index (χ4v) is 2.00. The summed E-state index contributed by atoms with van der Waals surface area (Å²) in [6, 6.07) is 7.99. The monoisotopic (exact) mass is 259 g/mol. The van der Waals surface area contributed by atoms with Crippen molar-refractivity contribution < 1.29 is 14.4 Å². The predicted octanol–water partition coefficient (Wildman–Crippen LogP) is 3.86. The highest BCUT2D eigenvalue weighted by atomic mass is 16.5. The summed E-state index contributed by atoms with van der Waals surface area (Å²) in [6.45, 7) is 6.04. The lowest BCUT2D eigenvalue weighted by Crippen LogP contribution is -1.98. The average Bonchev–Trinajstić information content (AvgIpc) is 2.80.